The molecule has 0 amide bonds. The first-order chi connectivity index (χ1) is 12.6. The summed E-state index contributed by atoms with van der Waals surface area (Å²) in [7, 11) is 1.77. The third kappa shape index (κ3) is 3.43. The fourth-order valence-corrected chi connectivity index (χ4v) is 3.58. The summed E-state index contributed by atoms with van der Waals surface area (Å²) >= 11 is 1.44. The van der Waals surface area contributed by atoms with Crippen molar-refractivity contribution >= 4 is 22.9 Å². The molecular weight excluding hydrogens is 356 g/mol. The number of rotatable bonds is 8. The van der Waals surface area contributed by atoms with Crippen molar-refractivity contribution in [1.82, 2.24) is 39.3 Å². The minimum absolute atomic E-state index is 0.393. The number of thioether (sulfide) groups is 1. The van der Waals surface area contributed by atoms with Crippen LogP contribution >= 0.6 is 11.8 Å². The van der Waals surface area contributed by atoms with Gasteiger partial charge in [0.05, 0.1) is 5.75 Å². The SMILES string of the molecule is CCCCn1c(=O)[nH]c(=O)c2c1nc(CSc1nnnn1C)n2CCC. The highest BCUT2D eigenvalue weighted by molar-refractivity contribution is 7.98. The van der Waals surface area contributed by atoms with Crippen molar-refractivity contribution in [2.24, 2.45) is 7.05 Å². The number of hydrogen-bond acceptors (Lipinski definition) is 7. The lowest BCUT2D eigenvalue weighted by Gasteiger charge is -2.07. The Morgan fingerprint density at radius 2 is 1.92 bits per heavy atom. The molecule has 3 aromatic rings. The van der Waals surface area contributed by atoms with Crippen molar-refractivity contribution in [2.45, 2.75) is 57.1 Å². The van der Waals surface area contributed by atoms with Crippen LogP contribution in [-0.2, 0) is 25.9 Å². The fourth-order valence-electron chi connectivity index (χ4n) is 2.79. The quantitative estimate of drug-likeness (QED) is 0.579. The molecule has 0 radical (unpaired) electrons. The number of nitrogens with one attached hydrogen (secondary N) is 1. The van der Waals surface area contributed by atoms with Crippen molar-refractivity contribution in [3.05, 3.63) is 26.7 Å². The zero-order chi connectivity index (χ0) is 18.7. The average Bonchev–Trinajstić information content (AvgIpc) is 3.17. The third-order valence-corrected chi connectivity index (χ3v) is 5.07. The Kier molecular flexibility index (Phi) is 5.55. The summed E-state index contributed by atoms with van der Waals surface area (Å²) in [4.78, 5) is 31.8. The highest BCUT2D eigenvalue weighted by Gasteiger charge is 2.18. The molecule has 0 aliphatic heterocycles. The molecule has 3 aromatic heterocycles. The maximum atomic E-state index is 12.4. The molecule has 0 aliphatic rings. The van der Waals surface area contributed by atoms with E-state index in [2.05, 4.69) is 32.4 Å². The van der Waals surface area contributed by atoms with Gasteiger partial charge in [-0.25, -0.2) is 14.5 Å². The smallest absolute Gasteiger partial charge is 0.321 e. The number of nitrogens with zero attached hydrogens (tertiary/aromatic N) is 7. The van der Waals surface area contributed by atoms with Crippen LogP contribution in [0.2, 0.25) is 0 Å². The van der Waals surface area contributed by atoms with Gasteiger partial charge in [-0.1, -0.05) is 32.0 Å². The van der Waals surface area contributed by atoms with Gasteiger partial charge in [0, 0.05) is 20.1 Å². The van der Waals surface area contributed by atoms with E-state index in [4.69, 9.17) is 0 Å². The normalized spacial score (nSPS) is 11.5. The molecule has 3 heterocycles. The number of hydrogen-bond donors (Lipinski definition) is 1. The number of aromatic amines is 1. The summed E-state index contributed by atoms with van der Waals surface area (Å²) in [5.41, 5.74) is 0.102. The number of fused-ring (bicyclic) bond motifs is 1. The van der Waals surface area contributed by atoms with Crippen LogP contribution in [0.15, 0.2) is 14.7 Å². The van der Waals surface area contributed by atoms with Crippen molar-refractivity contribution in [3.8, 4) is 0 Å². The summed E-state index contributed by atoms with van der Waals surface area (Å²) in [5, 5.41) is 12.1. The summed E-state index contributed by atoms with van der Waals surface area (Å²) < 4.78 is 5.04. The van der Waals surface area contributed by atoms with Gasteiger partial charge < -0.3 is 4.57 Å². The lowest BCUT2D eigenvalue weighted by atomic mass is 10.3. The third-order valence-electron chi connectivity index (χ3n) is 4.06. The van der Waals surface area contributed by atoms with E-state index < -0.39 is 11.2 Å². The molecule has 0 aromatic carbocycles. The van der Waals surface area contributed by atoms with E-state index in [1.165, 1.54) is 11.8 Å². The number of tetrazole rings is 1. The Labute approximate surface area is 153 Å². The van der Waals surface area contributed by atoms with Crippen molar-refractivity contribution in [3.63, 3.8) is 0 Å². The molecule has 0 unspecified atom stereocenters. The first kappa shape index (κ1) is 18.4. The Bertz CT molecular complexity index is 1010. The maximum absolute atomic E-state index is 12.4. The maximum Gasteiger partial charge on any atom is 0.330 e. The molecule has 3 rings (SSSR count). The van der Waals surface area contributed by atoms with E-state index in [0.717, 1.165) is 25.1 Å². The molecular formula is C15H22N8O2S. The first-order valence-electron chi connectivity index (χ1n) is 8.64. The van der Waals surface area contributed by atoms with Gasteiger partial charge in [-0.3, -0.25) is 14.3 Å². The van der Waals surface area contributed by atoms with Gasteiger partial charge in [0.15, 0.2) is 11.2 Å². The molecule has 26 heavy (non-hydrogen) atoms. The van der Waals surface area contributed by atoms with Crippen LogP contribution in [-0.4, -0.2) is 39.3 Å². The van der Waals surface area contributed by atoms with Crippen LogP contribution in [0.25, 0.3) is 11.2 Å². The van der Waals surface area contributed by atoms with E-state index in [0.29, 0.717) is 35.2 Å². The van der Waals surface area contributed by atoms with Gasteiger partial charge in [-0.05, 0) is 23.3 Å². The predicted molar refractivity (Wildman–Crippen MR) is 98.2 cm³/mol. The molecule has 0 spiro atoms. The standard InChI is InChI=1S/C15H22N8O2S/c1-4-6-8-23-12-11(13(24)17-14(23)25)22(7-5-2)10(16-12)9-26-15-18-19-20-21(15)3/h4-9H2,1-3H3,(H,17,24,25). The summed E-state index contributed by atoms with van der Waals surface area (Å²) in [6.45, 7) is 5.28. The molecule has 0 bridgehead atoms. The molecule has 1 N–H and O–H groups in total. The molecule has 0 atom stereocenters. The zero-order valence-corrected chi connectivity index (χ0v) is 15.9. The molecule has 0 saturated carbocycles. The van der Waals surface area contributed by atoms with Gasteiger partial charge in [-0.2, -0.15) is 0 Å². The summed E-state index contributed by atoms with van der Waals surface area (Å²) in [6, 6.07) is 0. The number of H-pyrrole nitrogens is 1. The van der Waals surface area contributed by atoms with Crippen LogP contribution < -0.4 is 11.2 Å². The van der Waals surface area contributed by atoms with Gasteiger partial charge in [-0.15, -0.1) is 5.10 Å². The summed E-state index contributed by atoms with van der Waals surface area (Å²) in [6.07, 6.45) is 2.64. The monoisotopic (exact) mass is 378 g/mol. The molecule has 10 nitrogen and oxygen atoms in total. The minimum atomic E-state index is -0.409. The number of aromatic nitrogens is 8. The van der Waals surface area contributed by atoms with Gasteiger partial charge >= 0.3 is 5.69 Å². The van der Waals surface area contributed by atoms with E-state index in [9.17, 15) is 9.59 Å². The second-order valence-corrected chi connectivity index (χ2v) is 6.93. The Morgan fingerprint density at radius 1 is 1.12 bits per heavy atom. The van der Waals surface area contributed by atoms with Crippen molar-refractivity contribution < 1.29 is 0 Å². The van der Waals surface area contributed by atoms with E-state index in [1.807, 2.05) is 11.5 Å². The topological polar surface area (TPSA) is 116 Å². The van der Waals surface area contributed by atoms with Crippen molar-refractivity contribution in [2.75, 3.05) is 0 Å². The highest BCUT2D eigenvalue weighted by Crippen LogP contribution is 2.21. The van der Waals surface area contributed by atoms with Crippen LogP contribution in [0.3, 0.4) is 0 Å². The Morgan fingerprint density at radius 3 is 2.58 bits per heavy atom. The van der Waals surface area contributed by atoms with Crippen molar-refractivity contribution in [1.29, 1.82) is 0 Å². The minimum Gasteiger partial charge on any atom is -0.321 e. The van der Waals surface area contributed by atoms with Crippen LogP contribution in [0.5, 0.6) is 0 Å². The first-order valence-corrected chi connectivity index (χ1v) is 9.62. The Balaban J connectivity index is 2.08. The second-order valence-electron chi connectivity index (χ2n) is 5.99. The number of aryl methyl sites for hydroxylation is 3. The van der Waals surface area contributed by atoms with Gasteiger partial charge in [0.1, 0.15) is 5.82 Å². The van der Waals surface area contributed by atoms with E-state index in [-0.39, 0.29) is 0 Å². The van der Waals surface area contributed by atoms with Crippen LogP contribution in [0.4, 0.5) is 0 Å². The molecule has 140 valence electrons. The lowest BCUT2D eigenvalue weighted by Crippen LogP contribution is -2.31. The van der Waals surface area contributed by atoms with E-state index in [1.54, 1.807) is 16.3 Å². The average molecular weight is 378 g/mol. The molecule has 11 heteroatoms. The van der Waals surface area contributed by atoms with Crippen LogP contribution in [0, 0.1) is 0 Å². The van der Waals surface area contributed by atoms with Gasteiger partial charge in [0.25, 0.3) is 5.56 Å². The summed E-state index contributed by atoms with van der Waals surface area (Å²) in [5.74, 6) is 1.24. The fraction of sp³-hybridized carbons (Fsp3) is 0.600. The highest BCUT2D eigenvalue weighted by atomic mass is 32.2. The molecule has 0 saturated heterocycles. The number of imidazole rings is 1. The Hall–Kier alpha value is -2.43. The lowest BCUT2D eigenvalue weighted by molar-refractivity contribution is 0.612. The zero-order valence-electron chi connectivity index (χ0n) is 15.1. The number of unbranched alkanes of at least 4 members (excludes halogenated alkanes) is 1. The van der Waals surface area contributed by atoms with Gasteiger partial charge in [0.2, 0.25) is 5.16 Å². The van der Waals surface area contributed by atoms with Crippen LogP contribution in [0.1, 0.15) is 38.9 Å². The largest absolute Gasteiger partial charge is 0.330 e. The second kappa shape index (κ2) is 7.85. The molecule has 0 fully saturated rings. The van der Waals surface area contributed by atoms with E-state index >= 15 is 0 Å². The molecule has 0 aliphatic carbocycles. The predicted octanol–water partition coefficient (Wildman–Crippen LogP) is 0.912.